The lowest BCUT2D eigenvalue weighted by Crippen LogP contribution is -2.49. The number of carboxylic acids is 1. The van der Waals surface area contributed by atoms with Crippen LogP contribution in [-0.2, 0) is 22.4 Å². The average Bonchev–Trinajstić information content (AvgIpc) is 2.74. The molecule has 0 saturated heterocycles. The Labute approximate surface area is 132 Å². The van der Waals surface area contributed by atoms with E-state index in [2.05, 4.69) is 10.6 Å². The number of carbonyl (C=O) groups excluding carboxylic acids is 2. The van der Waals surface area contributed by atoms with Gasteiger partial charge in [0.15, 0.2) is 0 Å². The number of fused-ring (bicyclic) bond motifs is 1. The highest BCUT2D eigenvalue weighted by Crippen LogP contribution is 2.38. The SMILES string of the molecule is CC(=O)Nc1sc2c(c1C(=O)NC(C)(C)C(=O)O)CCCC2. The number of amides is 2. The first kappa shape index (κ1) is 16.5. The third kappa shape index (κ3) is 3.30. The van der Waals surface area contributed by atoms with Crippen molar-refractivity contribution in [1.82, 2.24) is 5.32 Å². The molecule has 2 amide bonds. The maximum absolute atomic E-state index is 12.6. The molecule has 7 heteroatoms. The number of aryl methyl sites for hydroxylation is 1. The molecular formula is C15H20N2O4S. The molecule has 0 saturated carbocycles. The normalized spacial score (nSPS) is 14.1. The highest BCUT2D eigenvalue weighted by molar-refractivity contribution is 7.17. The number of carbonyl (C=O) groups is 3. The van der Waals surface area contributed by atoms with E-state index in [0.717, 1.165) is 36.1 Å². The van der Waals surface area contributed by atoms with Gasteiger partial charge in [0.25, 0.3) is 5.91 Å². The summed E-state index contributed by atoms with van der Waals surface area (Å²) < 4.78 is 0. The van der Waals surface area contributed by atoms with Crippen molar-refractivity contribution in [3.63, 3.8) is 0 Å². The summed E-state index contributed by atoms with van der Waals surface area (Å²) >= 11 is 1.41. The van der Waals surface area contributed by atoms with Crippen LogP contribution in [0.4, 0.5) is 5.00 Å². The van der Waals surface area contributed by atoms with Gasteiger partial charge in [0.1, 0.15) is 10.5 Å². The van der Waals surface area contributed by atoms with E-state index in [4.69, 9.17) is 5.11 Å². The molecule has 0 spiro atoms. The fourth-order valence-corrected chi connectivity index (χ4v) is 3.79. The van der Waals surface area contributed by atoms with Crippen LogP contribution in [-0.4, -0.2) is 28.4 Å². The van der Waals surface area contributed by atoms with Crippen LogP contribution in [0.1, 0.15) is 54.4 Å². The van der Waals surface area contributed by atoms with Gasteiger partial charge in [0.2, 0.25) is 5.91 Å². The monoisotopic (exact) mass is 324 g/mol. The van der Waals surface area contributed by atoms with Gasteiger partial charge >= 0.3 is 5.97 Å². The predicted octanol–water partition coefficient (Wildman–Crippen LogP) is 2.18. The van der Waals surface area contributed by atoms with E-state index in [1.54, 1.807) is 0 Å². The molecule has 1 aliphatic rings. The molecule has 0 unspecified atom stereocenters. The number of hydrogen-bond donors (Lipinski definition) is 3. The van der Waals surface area contributed by atoms with Gasteiger partial charge in [-0.1, -0.05) is 0 Å². The summed E-state index contributed by atoms with van der Waals surface area (Å²) in [6.07, 6.45) is 3.73. The molecule has 0 radical (unpaired) electrons. The number of rotatable bonds is 4. The van der Waals surface area contributed by atoms with Gasteiger partial charge in [-0.3, -0.25) is 9.59 Å². The molecule has 0 aliphatic heterocycles. The Morgan fingerprint density at radius 2 is 1.82 bits per heavy atom. The molecule has 0 fully saturated rings. The van der Waals surface area contributed by atoms with Crippen molar-refractivity contribution in [2.75, 3.05) is 5.32 Å². The van der Waals surface area contributed by atoms with Gasteiger partial charge in [-0.05, 0) is 45.1 Å². The minimum absolute atomic E-state index is 0.245. The minimum Gasteiger partial charge on any atom is -0.480 e. The Bertz CT molecular complexity index is 634. The van der Waals surface area contributed by atoms with Gasteiger partial charge in [-0.2, -0.15) is 0 Å². The van der Waals surface area contributed by atoms with Gasteiger partial charge in [0, 0.05) is 11.8 Å². The van der Waals surface area contributed by atoms with Gasteiger partial charge < -0.3 is 15.7 Å². The van der Waals surface area contributed by atoms with Gasteiger partial charge in [0.05, 0.1) is 5.56 Å². The zero-order chi connectivity index (χ0) is 16.5. The lowest BCUT2D eigenvalue weighted by atomic mass is 9.94. The number of carboxylic acid groups (broad SMARTS) is 1. The average molecular weight is 324 g/mol. The van der Waals surface area contributed by atoms with Gasteiger partial charge in [-0.25, -0.2) is 4.79 Å². The van der Waals surface area contributed by atoms with E-state index in [1.165, 1.54) is 32.1 Å². The second-order valence-corrected chi connectivity index (χ2v) is 7.09. The molecule has 22 heavy (non-hydrogen) atoms. The predicted molar refractivity (Wildman–Crippen MR) is 84.4 cm³/mol. The van der Waals surface area contributed by atoms with Crippen molar-refractivity contribution in [1.29, 1.82) is 0 Å². The summed E-state index contributed by atoms with van der Waals surface area (Å²) in [6.45, 7) is 4.26. The molecule has 1 aromatic heterocycles. The molecular weight excluding hydrogens is 304 g/mol. The van der Waals surface area contributed by atoms with Crippen molar-refractivity contribution < 1.29 is 19.5 Å². The number of nitrogens with one attached hydrogen (secondary N) is 2. The highest BCUT2D eigenvalue weighted by Gasteiger charge is 2.33. The third-order valence-electron chi connectivity index (χ3n) is 3.65. The molecule has 1 aromatic rings. The zero-order valence-electron chi connectivity index (χ0n) is 12.9. The number of thiophene rings is 1. The van der Waals surface area contributed by atoms with Crippen molar-refractivity contribution in [3.05, 3.63) is 16.0 Å². The molecule has 0 atom stereocenters. The van der Waals surface area contributed by atoms with Crippen LogP contribution >= 0.6 is 11.3 Å². The standard InChI is InChI=1S/C15H20N2O4S/c1-8(18)16-13-11(9-6-4-5-7-10(9)22-13)12(19)17-15(2,3)14(20)21/h4-7H2,1-3H3,(H,16,18)(H,17,19)(H,20,21). The van der Waals surface area contributed by atoms with Crippen LogP contribution in [0.2, 0.25) is 0 Å². The summed E-state index contributed by atoms with van der Waals surface area (Å²) in [6, 6.07) is 0. The van der Waals surface area contributed by atoms with Crippen LogP contribution < -0.4 is 10.6 Å². The van der Waals surface area contributed by atoms with Crippen LogP contribution in [0.15, 0.2) is 0 Å². The molecule has 120 valence electrons. The minimum atomic E-state index is -1.37. The molecule has 0 bridgehead atoms. The number of aliphatic carboxylic acids is 1. The van der Waals surface area contributed by atoms with Crippen molar-refractivity contribution >= 4 is 34.1 Å². The second-order valence-electron chi connectivity index (χ2n) is 5.98. The van der Waals surface area contributed by atoms with Gasteiger partial charge in [-0.15, -0.1) is 11.3 Å². The maximum Gasteiger partial charge on any atom is 0.328 e. The van der Waals surface area contributed by atoms with Crippen molar-refractivity contribution in [2.24, 2.45) is 0 Å². The Morgan fingerprint density at radius 1 is 1.18 bits per heavy atom. The fourth-order valence-electron chi connectivity index (χ4n) is 2.45. The van der Waals surface area contributed by atoms with E-state index < -0.39 is 17.4 Å². The Hall–Kier alpha value is -1.89. The zero-order valence-corrected chi connectivity index (χ0v) is 13.7. The lowest BCUT2D eigenvalue weighted by molar-refractivity contribution is -0.143. The smallest absolute Gasteiger partial charge is 0.328 e. The van der Waals surface area contributed by atoms with Crippen LogP contribution in [0, 0.1) is 0 Å². The quantitative estimate of drug-likeness (QED) is 0.791. The molecule has 1 aliphatic carbocycles. The molecule has 2 rings (SSSR count). The number of anilines is 1. The second kappa shape index (κ2) is 6.08. The lowest BCUT2D eigenvalue weighted by Gasteiger charge is -2.22. The van der Waals surface area contributed by atoms with Crippen molar-refractivity contribution in [2.45, 2.75) is 52.0 Å². The Kier molecular flexibility index (Phi) is 4.55. The largest absolute Gasteiger partial charge is 0.480 e. The summed E-state index contributed by atoms with van der Waals surface area (Å²) in [5, 5.41) is 14.9. The number of hydrogen-bond acceptors (Lipinski definition) is 4. The summed E-state index contributed by atoms with van der Waals surface area (Å²) in [7, 11) is 0. The fraction of sp³-hybridized carbons (Fsp3) is 0.533. The molecule has 3 N–H and O–H groups in total. The first-order valence-electron chi connectivity index (χ1n) is 7.20. The van der Waals surface area contributed by atoms with Crippen LogP contribution in [0.25, 0.3) is 0 Å². The van der Waals surface area contributed by atoms with E-state index in [1.807, 2.05) is 0 Å². The topological polar surface area (TPSA) is 95.5 Å². The summed E-state index contributed by atoms with van der Waals surface area (Å²) in [4.78, 5) is 36.2. The van der Waals surface area contributed by atoms with Crippen molar-refractivity contribution in [3.8, 4) is 0 Å². The van der Waals surface area contributed by atoms with Crippen LogP contribution in [0.5, 0.6) is 0 Å². The Balaban J connectivity index is 2.39. The van der Waals surface area contributed by atoms with E-state index in [9.17, 15) is 14.4 Å². The molecule has 0 aromatic carbocycles. The first-order valence-corrected chi connectivity index (χ1v) is 8.02. The summed E-state index contributed by atoms with van der Waals surface area (Å²) in [5.74, 6) is -1.80. The third-order valence-corrected chi connectivity index (χ3v) is 4.86. The Morgan fingerprint density at radius 3 is 2.41 bits per heavy atom. The maximum atomic E-state index is 12.6. The van der Waals surface area contributed by atoms with E-state index in [0.29, 0.717) is 10.6 Å². The first-order chi connectivity index (χ1) is 10.2. The molecule has 6 nitrogen and oxygen atoms in total. The summed E-state index contributed by atoms with van der Waals surface area (Å²) in [5.41, 5.74) is -0.00319. The van der Waals surface area contributed by atoms with E-state index >= 15 is 0 Å². The molecule has 1 heterocycles. The van der Waals surface area contributed by atoms with Crippen LogP contribution in [0.3, 0.4) is 0 Å². The van der Waals surface area contributed by atoms with E-state index in [-0.39, 0.29) is 5.91 Å². The highest BCUT2D eigenvalue weighted by atomic mass is 32.1.